The molecule has 0 unspecified atom stereocenters. The van der Waals surface area contributed by atoms with Crippen molar-refractivity contribution in [1.29, 1.82) is 0 Å². The first-order chi connectivity index (χ1) is 8.73. The number of hydrogen-bond donors (Lipinski definition) is 0. The third kappa shape index (κ3) is 4.70. The highest BCUT2D eigenvalue weighted by atomic mass is 16.4. The Balaban J connectivity index is 0. The SMILES string of the molecule is CC(=O)[O-].CC(C)(C)[N+](C(C)(C)C)(C(C)(C)C)C(C)(C)C. The van der Waals surface area contributed by atoms with Crippen molar-refractivity contribution in [3.8, 4) is 0 Å². The van der Waals surface area contributed by atoms with E-state index in [9.17, 15) is 0 Å². The molecule has 0 spiro atoms. The van der Waals surface area contributed by atoms with E-state index in [1.54, 1.807) is 0 Å². The van der Waals surface area contributed by atoms with Crippen LogP contribution in [0.5, 0.6) is 0 Å². The van der Waals surface area contributed by atoms with E-state index in [4.69, 9.17) is 9.90 Å². The molecule has 0 N–H and O–H groups in total. The van der Waals surface area contributed by atoms with Crippen molar-refractivity contribution >= 4 is 5.97 Å². The second-order valence-corrected chi connectivity index (χ2v) is 9.85. The van der Waals surface area contributed by atoms with Crippen molar-refractivity contribution in [2.45, 2.75) is 112 Å². The molecule has 0 heterocycles. The summed E-state index contributed by atoms with van der Waals surface area (Å²) < 4.78 is 1.08. The van der Waals surface area contributed by atoms with Gasteiger partial charge in [-0.15, -0.1) is 0 Å². The van der Waals surface area contributed by atoms with Gasteiger partial charge in [-0.2, -0.15) is 0 Å². The second-order valence-electron chi connectivity index (χ2n) is 9.85. The van der Waals surface area contributed by atoms with Crippen LogP contribution in [0, 0.1) is 0 Å². The van der Waals surface area contributed by atoms with Gasteiger partial charge in [-0.3, -0.25) is 0 Å². The molecule has 0 aromatic carbocycles. The van der Waals surface area contributed by atoms with Crippen molar-refractivity contribution in [3.63, 3.8) is 0 Å². The summed E-state index contributed by atoms with van der Waals surface area (Å²) in [4.78, 5) is 8.89. The van der Waals surface area contributed by atoms with E-state index < -0.39 is 5.97 Å². The van der Waals surface area contributed by atoms with Gasteiger partial charge in [-0.1, -0.05) is 0 Å². The maximum atomic E-state index is 8.89. The Morgan fingerprint density at radius 2 is 0.714 bits per heavy atom. The standard InChI is InChI=1S/C16H36N.C2H4O2/c1-13(2,3)17(14(4,5)6,15(7,8)9)16(10,11)12;1-2(3)4/h1-12H3;1H3,(H,3,4)/q+1;/p-1. The average molecular weight is 302 g/mol. The predicted molar refractivity (Wildman–Crippen MR) is 90.0 cm³/mol. The molecule has 0 saturated carbocycles. The van der Waals surface area contributed by atoms with Gasteiger partial charge in [-0.25, -0.2) is 0 Å². The molecule has 0 aromatic rings. The van der Waals surface area contributed by atoms with Crippen LogP contribution in [0.25, 0.3) is 0 Å². The van der Waals surface area contributed by atoms with Gasteiger partial charge in [0, 0.05) is 5.97 Å². The first kappa shape index (κ1) is 22.7. The molecule has 128 valence electrons. The van der Waals surface area contributed by atoms with Gasteiger partial charge in [0.25, 0.3) is 0 Å². The molecule has 0 atom stereocenters. The molecule has 0 aliphatic rings. The molecule has 0 bridgehead atoms. The van der Waals surface area contributed by atoms with Gasteiger partial charge >= 0.3 is 0 Å². The zero-order valence-electron chi connectivity index (χ0n) is 16.8. The second kappa shape index (κ2) is 6.28. The Bertz CT molecular complexity index is 278. The monoisotopic (exact) mass is 301 g/mol. The molecule has 21 heavy (non-hydrogen) atoms. The minimum atomic E-state index is -1.08. The molecule has 0 aliphatic heterocycles. The first-order valence-electron chi connectivity index (χ1n) is 7.80. The zero-order chi connectivity index (χ0) is 18.1. The average Bonchev–Trinajstić information content (AvgIpc) is 1.86. The molecule has 0 radical (unpaired) electrons. The summed E-state index contributed by atoms with van der Waals surface area (Å²) in [6, 6.07) is 0. The highest BCUT2D eigenvalue weighted by Gasteiger charge is 2.62. The molecule has 3 heteroatoms. The lowest BCUT2D eigenvalue weighted by molar-refractivity contribution is -1.08. The number of carboxylic acids is 1. The highest BCUT2D eigenvalue weighted by molar-refractivity contribution is 5.60. The highest BCUT2D eigenvalue weighted by Crippen LogP contribution is 2.50. The Morgan fingerprint density at radius 1 is 0.619 bits per heavy atom. The van der Waals surface area contributed by atoms with Gasteiger partial charge in [0.15, 0.2) is 0 Å². The first-order valence-corrected chi connectivity index (χ1v) is 7.80. The van der Waals surface area contributed by atoms with Crippen LogP contribution in [-0.2, 0) is 4.79 Å². The van der Waals surface area contributed by atoms with Crippen molar-refractivity contribution in [1.82, 2.24) is 0 Å². The van der Waals surface area contributed by atoms with Crippen molar-refractivity contribution in [2.75, 3.05) is 0 Å². The summed E-state index contributed by atoms with van der Waals surface area (Å²) >= 11 is 0. The number of carbonyl (C=O) groups excluding carboxylic acids is 1. The zero-order valence-corrected chi connectivity index (χ0v) is 16.8. The fourth-order valence-corrected chi connectivity index (χ4v) is 6.04. The normalized spacial score (nSPS) is 14.3. The van der Waals surface area contributed by atoms with Crippen LogP contribution in [0.3, 0.4) is 0 Å². The molecule has 0 amide bonds. The van der Waals surface area contributed by atoms with E-state index in [1.165, 1.54) is 0 Å². The van der Waals surface area contributed by atoms with Crippen LogP contribution in [0.4, 0.5) is 0 Å². The van der Waals surface area contributed by atoms with Crippen LogP contribution in [0.1, 0.15) is 90.0 Å². The molecule has 0 aliphatic carbocycles. The predicted octanol–water partition coefficient (Wildman–Crippen LogP) is 3.75. The summed E-state index contributed by atoms with van der Waals surface area (Å²) in [5.41, 5.74) is 0.812. The van der Waals surface area contributed by atoms with E-state index in [0.29, 0.717) is 0 Å². The van der Waals surface area contributed by atoms with E-state index in [2.05, 4.69) is 83.1 Å². The smallest absolute Gasteiger partial charge is 0.0918 e. The van der Waals surface area contributed by atoms with Crippen LogP contribution < -0.4 is 5.11 Å². The summed E-state index contributed by atoms with van der Waals surface area (Å²) in [7, 11) is 0. The van der Waals surface area contributed by atoms with Crippen LogP contribution in [-0.4, -0.2) is 32.6 Å². The number of nitrogens with zero attached hydrogens (tertiary/aromatic N) is 1. The van der Waals surface area contributed by atoms with Crippen LogP contribution in [0.15, 0.2) is 0 Å². The van der Waals surface area contributed by atoms with Gasteiger partial charge in [-0.05, 0) is 90.0 Å². The van der Waals surface area contributed by atoms with Crippen LogP contribution >= 0.6 is 0 Å². The van der Waals surface area contributed by atoms with Crippen molar-refractivity contribution in [2.24, 2.45) is 0 Å². The number of quaternary nitrogens is 1. The van der Waals surface area contributed by atoms with Crippen LogP contribution in [0.2, 0.25) is 0 Å². The Morgan fingerprint density at radius 3 is 0.714 bits per heavy atom. The quantitative estimate of drug-likeness (QED) is 0.639. The van der Waals surface area contributed by atoms with E-state index >= 15 is 0 Å². The number of carboxylic acid groups (broad SMARTS) is 1. The van der Waals surface area contributed by atoms with Crippen molar-refractivity contribution < 1.29 is 14.4 Å². The molecule has 3 nitrogen and oxygen atoms in total. The minimum Gasteiger partial charge on any atom is -0.550 e. The number of rotatable bonds is 0. The Labute approximate surface area is 133 Å². The largest absolute Gasteiger partial charge is 0.550 e. The van der Waals surface area contributed by atoms with E-state index in [0.717, 1.165) is 11.4 Å². The number of aliphatic carboxylic acids is 1. The Kier molecular flexibility index (Phi) is 6.79. The summed E-state index contributed by atoms with van der Waals surface area (Å²) in [6.07, 6.45) is 0. The summed E-state index contributed by atoms with van der Waals surface area (Å²) in [5.74, 6) is -1.08. The number of carbonyl (C=O) groups is 1. The third-order valence-electron chi connectivity index (χ3n) is 4.02. The minimum absolute atomic E-state index is 0.203. The molecule has 0 saturated heterocycles. The molecular weight excluding hydrogens is 262 g/mol. The van der Waals surface area contributed by atoms with E-state index in [1.807, 2.05) is 0 Å². The Hall–Kier alpha value is -0.570. The third-order valence-corrected chi connectivity index (χ3v) is 4.02. The molecule has 0 aromatic heterocycles. The summed E-state index contributed by atoms with van der Waals surface area (Å²) in [6.45, 7) is 29.6. The van der Waals surface area contributed by atoms with Gasteiger partial charge in [0.1, 0.15) is 0 Å². The lowest BCUT2D eigenvalue weighted by Crippen LogP contribution is -2.82. The summed E-state index contributed by atoms with van der Waals surface area (Å²) in [5, 5.41) is 8.89. The topological polar surface area (TPSA) is 40.1 Å². The van der Waals surface area contributed by atoms with E-state index in [-0.39, 0.29) is 22.2 Å². The van der Waals surface area contributed by atoms with Gasteiger partial charge in [0.05, 0.1) is 22.2 Å². The lowest BCUT2D eigenvalue weighted by Gasteiger charge is -2.70. The molecular formula is C18H39NO2. The lowest BCUT2D eigenvalue weighted by atomic mass is 9.75. The van der Waals surface area contributed by atoms with Gasteiger partial charge < -0.3 is 14.4 Å². The molecule has 0 rings (SSSR count). The molecule has 0 fully saturated rings. The fourth-order valence-electron chi connectivity index (χ4n) is 6.04. The maximum Gasteiger partial charge on any atom is 0.0918 e. The van der Waals surface area contributed by atoms with Gasteiger partial charge in [0.2, 0.25) is 0 Å². The fraction of sp³-hybridized carbons (Fsp3) is 0.944. The number of hydrogen-bond acceptors (Lipinski definition) is 2. The van der Waals surface area contributed by atoms with Crippen molar-refractivity contribution in [3.05, 3.63) is 0 Å². The maximum absolute atomic E-state index is 8.89.